The minimum atomic E-state index is -0.147. The van der Waals surface area contributed by atoms with Gasteiger partial charge in [-0.3, -0.25) is 4.99 Å². The van der Waals surface area contributed by atoms with Gasteiger partial charge in [-0.05, 0) is 30.4 Å². The molecule has 0 saturated heterocycles. The molecule has 2 atom stereocenters. The van der Waals surface area contributed by atoms with E-state index in [1.54, 1.807) is 0 Å². The van der Waals surface area contributed by atoms with Gasteiger partial charge in [-0.15, -0.1) is 24.0 Å². The molecule has 24 heavy (non-hydrogen) atoms. The van der Waals surface area contributed by atoms with Gasteiger partial charge in [0, 0.05) is 32.6 Å². The van der Waals surface area contributed by atoms with Gasteiger partial charge in [0.05, 0.1) is 6.10 Å². The van der Waals surface area contributed by atoms with Crippen LogP contribution in [0.3, 0.4) is 0 Å². The zero-order chi connectivity index (χ0) is 16.1. The molecule has 1 fully saturated rings. The summed E-state index contributed by atoms with van der Waals surface area (Å²) in [5.41, 5.74) is 2.74. The van der Waals surface area contributed by atoms with Crippen molar-refractivity contribution in [3.8, 4) is 0 Å². The quantitative estimate of drug-likeness (QED) is 0.431. The monoisotopic (exact) mass is 441 g/mol. The van der Waals surface area contributed by atoms with Crippen LogP contribution in [0.2, 0.25) is 0 Å². The molecule has 0 radical (unpaired) electrons. The lowest BCUT2D eigenvalue weighted by Crippen LogP contribution is -2.45. The Kier molecular flexibility index (Phi) is 7.55. The Hall–Kier alpha value is -1.08. The Bertz CT molecular complexity index is 573. The van der Waals surface area contributed by atoms with Crippen LogP contribution in [0, 0.1) is 5.92 Å². The SMILES string of the molecule is CN=C(NCC1CCCC1O)N1CC=C(c2ccccc2)CC1.I. The molecule has 1 aromatic carbocycles. The summed E-state index contributed by atoms with van der Waals surface area (Å²) in [5, 5.41) is 13.4. The van der Waals surface area contributed by atoms with Crippen molar-refractivity contribution in [1.29, 1.82) is 0 Å². The van der Waals surface area contributed by atoms with E-state index in [1.165, 1.54) is 11.1 Å². The summed E-state index contributed by atoms with van der Waals surface area (Å²) in [4.78, 5) is 6.70. The summed E-state index contributed by atoms with van der Waals surface area (Å²) < 4.78 is 0. The number of nitrogens with one attached hydrogen (secondary N) is 1. The molecule has 132 valence electrons. The number of nitrogens with zero attached hydrogens (tertiary/aromatic N) is 2. The predicted molar refractivity (Wildman–Crippen MR) is 111 cm³/mol. The molecule has 0 aromatic heterocycles. The number of halogens is 1. The number of aliphatic hydroxyl groups is 1. The van der Waals surface area contributed by atoms with Gasteiger partial charge in [-0.2, -0.15) is 0 Å². The maximum absolute atomic E-state index is 9.94. The molecule has 5 heteroatoms. The highest BCUT2D eigenvalue weighted by Gasteiger charge is 2.26. The topological polar surface area (TPSA) is 47.9 Å². The van der Waals surface area contributed by atoms with Crippen LogP contribution < -0.4 is 5.32 Å². The van der Waals surface area contributed by atoms with E-state index in [0.29, 0.717) is 5.92 Å². The standard InChI is InChI=1S/C19H27N3O.HI/c1-20-19(21-14-17-8-5-9-18(17)23)22-12-10-16(11-13-22)15-6-3-2-4-7-15;/h2-4,6-7,10,17-18,23H,5,8-9,11-14H2,1H3,(H,20,21);1H. The lowest BCUT2D eigenvalue weighted by Gasteiger charge is -2.30. The van der Waals surface area contributed by atoms with Gasteiger partial charge in [-0.1, -0.05) is 42.8 Å². The van der Waals surface area contributed by atoms with E-state index >= 15 is 0 Å². The second-order valence-electron chi connectivity index (χ2n) is 6.48. The first-order chi connectivity index (χ1) is 11.3. The maximum atomic E-state index is 9.94. The normalized spacial score (nSPS) is 24.3. The van der Waals surface area contributed by atoms with E-state index < -0.39 is 0 Å². The van der Waals surface area contributed by atoms with Crippen molar-refractivity contribution < 1.29 is 5.11 Å². The van der Waals surface area contributed by atoms with Gasteiger partial charge >= 0.3 is 0 Å². The first-order valence-corrected chi connectivity index (χ1v) is 8.66. The van der Waals surface area contributed by atoms with Gasteiger partial charge in [0.15, 0.2) is 5.96 Å². The lowest BCUT2D eigenvalue weighted by molar-refractivity contribution is 0.134. The van der Waals surface area contributed by atoms with E-state index in [2.05, 4.69) is 51.6 Å². The number of aliphatic hydroxyl groups excluding tert-OH is 1. The highest BCUT2D eigenvalue weighted by Crippen LogP contribution is 2.25. The highest BCUT2D eigenvalue weighted by atomic mass is 127. The predicted octanol–water partition coefficient (Wildman–Crippen LogP) is 3.13. The van der Waals surface area contributed by atoms with Crippen LogP contribution in [-0.4, -0.2) is 48.8 Å². The molecule has 1 aromatic rings. The molecule has 0 amide bonds. The van der Waals surface area contributed by atoms with Crippen LogP contribution in [0.4, 0.5) is 0 Å². The van der Waals surface area contributed by atoms with Gasteiger partial charge in [0.1, 0.15) is 0 Å². The molecule has 1 heterocycles. The van der Waals surface area contributed by atoms with Crippen LogP contribution in [0.15, 0.2) is 41.4 Å². The summed E-state index contributed by atoms with van der Waals surface area (Å²) in [6, 6.07) is 10.6. The number of guanidine groups is 1. The molecule has 2 N–H and O–H groups in total. The third-order valence-corrected chi connectivity index (χ3v) is 5.01. The molecule has 2 unspecified atom stereocenters. The molecule has 1 aliphatic heterocycles. The zero-order valence-corrected chi connectivity index (χ0v) is 16.6. The first kappa shape index (κ1) is 19.2. The number of rotatable bonds is 3. The number of benzene rings is 1. The van der Waals surface area contributed by atoms with Gasteiger partial charge in [-0.25, -0.2) is 0 Å². The van der Waals surface area contributed by atoms with E-state index in [0.717, 1.165) is 51.3 Å². The fraction of sp³-hybridized carbons (Fsp3) is 0.526. The number of hydrogen-bond donors (Lipinski definition) is 2. The average molecular weight is 441 g/mol. The number of hydrogen-bond acceptors (Lipinski definition) is 2. The van der Waals surface area contributed by atoms with Crippen molar-refractivity contribution in [3.63, 3.8) is 0 Å². The molecular formula is C19H28IN3O. The summed E-state index contributed by atoms with van der Waals surface area (Å²) in [6.45, 7) is 2.68. The third kappa shape index (κ3) is 4.72. The zero-order valence-electron chi connectivity index (χ0n) is 14.3. The Morgan fingerprint density at radius 2 is 2.08 bits per heavy atom. The van der Waals surface area contributed by atoms with Crippen LogP contribution in [-0.2, 0) is 0 Å². The molecule has 1 aliphatic carbocycles. The molecule has 0 bridgehead atoms. The third-order valence-electron chi connectivity index (χ3n) is 5.01. The molecule has 0 spiro atoms. The maximum Gasteiger partial charge on any atom is 0.193 e. The summed E-state index contributed by atoms with van der Waals surface area (Å²) in [5.74, 6) is 1.32. The van der Waals surface area contributed by atoms with Crippen molar-refractivity contribution in [2.45, 2.75) is 31.8 Å². The Morgan fingerprint density at radius 3 is 2.67 bits per heavy atom. The van der Waals surface area contributed by atoms with Crippen LogP contribution in [0.1, 0.15) is 31.2 Å². The van der Waals surface area contributed by atoms with Gasteiger partial charge in [0.2, 0.25) is 0 Å². The highest BCUT2D eigenvalue weighted by molar-refractivity contribution is 14.0. The smallest absolute Gasteiger partial charge is 0.193 e. The molecule has 4 nitrogen and oxygen atoms in total. The Morgan fingerprint density at radius 1 is 1.29 bits per heavy atom. The van der Waals surface area contributed by atoms with E-state index in [-0.39, 0.29) is 30.1 Å². The van der Waals surface area contributed by atoms with Crippen molar-refractivity contribution >= 4 is 35.5 Å². The van der Waals surface area contributed by atoms with Crippen LogP contribution in [0.25, 0.3) is 5.57 Å². The van der Waals surface area contributed by atoms with E-state index in [9.17, 15) is 5.11 Å². The fourth-order valence-electron chi connectivity index (χ4n) is 3.59. The largest absolute Gasteiger partial charge is 0.393 e. The minimum absolute atomic E-state index is 0. The summed E-state index contributed by atoms with van der Waals surface area (Å²) >= 11 is 0. The van der Waals surface area contributed by atoms with Crippen LogP contribution >= 0.6 is 24.0 Å². The summed E-state index contributed by atoms with van der Waals surface area (Å²) in [7, 11) is 1.84. The van der Waals surface area contributed by atoms with Crippen LogP contribution in [0.5, 0.6) is 0 Å². The molecule has 1 saturated carbocycles. The van der Waals surface area contributed by atoms with Crippen molar-refractivity contribution in [2.75, 3.05) is 26.7 Å². The van der Waals surface area contributed by atoms with Crippen molar-refractivity contribution in [1.82, 2.24) is 10.2 Å². The second-order valence-corrected chi connectivity index (χ2v) is 6.48. The Balaban J connectivity index is 0.00000208. The molecule has 2 aliphatic rings. The average Bonchev–Trinajstić information content (AvgIpc) is 3.02. The second kappa shape index (κ2) is 9.42. The van der Waals surface area contributed by atoms with Gasteiger partial charge in [0.25, 0.3) is 0 Å². The van der Waals surface area contributed by atoms with Crippen molar-refractivity contribution in [2.24, 2.45) is 10.9 Å². The Labute approximate surface area is 162 Å². The summed E-state index contributed by atoms with van der Waals surface area (Å²) in [6.07, 6.45) is 6.39. The lowest BCUT2D eigenvalue weighted by atomic mass is 10.00. The van der Waals surface area contributed by atoms with E-state index in [4.69, 9.17) is 0 Å². The van der Waals surface area contributed by atoms with Gasteiger partial charge < -0.3 is 15.3 Å². The fourth-order valence-corrected chi connectivity index (χ4v) is 3.59. The first-order valence-electron chi connectivity index (χ1n) is 8.66. The molecule has 3 rings (SSSR count). The number of aliphatic imine (C=N–C) groups is 1. The van der Waals surface area contributed by atoms with E-state index in [1.807, 2.05) is 7.05 Å². The molecular weight excluding hydrogens is 413 g/mol. The minimum Gasteiger partial charge on any atom is -0.393 e. The van der Waals surface area contributed by atoms with Crippen molar-refractivity contribution in [3.05, 3.63) is 42.0 Å².